The van der Waals surface area contributed by atoms with Crippen LogP contribution in [-0.4, -0.2) is 71.5 Å². The van der Waals surface area contributed by atoms with Crippen LogP contribution in [0.15, 0.2) is 42.7 Å². The van der Waals surface area contributed by atoms with Gasteiger partial charge in [0.1, 0.15) is 0 Å². The van der Waals surface area contributed by atoms with Gasteiger partial charge in [-0.25, -0.2) is 9.97 Å². The van der Waals surface area contributed by atoms with E-state index < -0.39 is 0 Å². The lowest BCUT2D eigenvalue weighted by Crippen LogP contribution is -2.47. The number of aromatic nitrogens is 2. The zero-order valence-corrected chi connectivity index (χ0v) is 15.0. The second-order valence-corrected chi connectivity index (χ2v) is 6.93. The molecule has 6 heteroatoms. The summed E-state index contributed by atoms with van der Waals surface area (Å²) in [5.74, 6) is 1.02. The molecule has 0 spiro atoms. The lowest BCUT2D eigenvalue weighted by atomic mass is 9.99. The van der Waals surface area contributed by atoms with Crippen molar-refractivity contribution in [3.63, 3.8) is 0 Å². The van der Waals surface area contributed by atoms with Crippen LogP contribution < -0.4 is 4.90 Å². The van der Waals surface area contributed by atoms with Gasteiger partial charge < -0.3 is 9.80 Å². The number of hydrogen-bond donors (Lipinski definition) is 0. The van der Waals surface area contributed by atoms with E-state index >= 15 is 0 Å². The molecule has 0 radical (unpaired) electrons. The summed E-state index contributed by atoms with van der Waals surface area (Å²) >= 11 is 0. The Labute approximate surface area is 154 Å². The number of amides is 1. The van der Waals surface area contributed by atoms with Crippen molar-refractivity contribution in [2.24, 2.45) is 0 Å². The quantitative estimate of drug-likeness (QED) is 0.820. The number of carbonyl (C=O) groups is 1. The first-order valence-corrected chi connectivity index (χ1v) is 9.43. The Kier molecular flexibility index (Phi) is 5.11. The normalized spacial score (nSPS) is 18.1. The molecule has 3 heterocycles. The van der Waals surface area contributed by atoms with Gasteiger partial charge >= 0.3 is 0 Å². The van der Waals surface area contributed by atoms with Gasteiger partial charge in [-0.2, -0.15) is 0 Å². The van der Waals surface area contributed by atoms with E-state index in [0.29, 0.717) is 0 Å². The highest BCUT2D eigenvalue weighted by atomic mass is 16.2. The molecule has 6 nitrogen and oxygen atoms in total. The van der Waals surface area contributed by atoms with Gasteiger partial charge in [0.05, 0.1) is 0 Å². The molecule has 0 aliphatic carbocycles. The monoisotopic (exact) mass is 351 g/mol. The van der Waals surface area contributed by atoms with E-state index in [-0.39, 0.29) is 5.91 Å². The Morgan fingerprint density at radius 3 is 2.46 bits per heavy atom. The number of rotatable bonds is 5. The molecule has 4 rings (SSSR count). The Bertz CT molecular complexity index is 743. The van der Waals surface area contributed by atoms with Gasteiger partial charge in [-0.05, 0) is 37.1 Å². The van der Waals surface area contributed by atoms with Crippen LogP contribution in [0.3, 0.4) is 0 Å². The van der Waals surface area contributed by atoms with E-state index in [1.165, 1.54) is 5.56 Å². The zero-order valence-electron chi connectivity index (χ0n) is 15.0. The maximum atomic E-state index is 12.6. The molecule has 0 bridgehead atoms. The van der Waals surface area contributed by atoms with Gasteiger partial charge in [-0.15, -0.1) is 0 Å². The number of hydrogen-bond acceptors (Lipinski definition) is 5. The van der Waals surface area contributed by atoms with Crippen LogP contribution in [0, 0.1) is 0 Å². The van der Waals surface area contributed by atoms with E-state index in [2.05, 4.69) is 25.8 Å². The fourth-order valence-electron chi connectivity index (χ4n) is 3.80. The van der Waals surface area contributed by atoms with Crippen molar-refractivity contribution < 1.29 is 4.79 Å². The topological polar surface area (TPSA) is 52.6 Å². The molecule has 2 aliphatic rings. The van der Waals surface area contributed by atoms with Crippen molar-refractivity contribution in [1.29, 1.82) is 0 Å². The van der Waals surface area contributed by atoms with Gasteiger partial charge in [0.2, 0.25) is 5.95 Å². The van der Waals surface area contributed by atoms with E-state index in [1.54, 1.807) is 12.4 Å². The number of benzene rings is 1. The number of nitrogens with zero attached hydrogens (tertiary/aromatic N) is 5. The third kappa shape index (κ3) is 3.70. The molecule has 0 saturated carbocycles. The van der Waals surface area contributed by atoms with Gasteiger partial charge in [-0.1, -0.05) is 18.2 Å². The van der Waals surface area contributed by atoms with Crippen molar-refractivity contribution in [1.82, 2.24) is 19.8 Å². The number of fused-ring (bicyclic) bond motifs is 1. The Balaban J connectivity index is 1.22. The molecular weight excluding hydrogens is 326 g/mol. The van der Waals surface area contributed by atoms with Crippen molar-refractivity contribution in [2.75, 3.05) is 50.7 Å². The third-order valence-corrected chi connectivity index (χ3v) is 5.30. The highest BCUT2D eigenvalue weighted by Crippen LogP contribution is 2.19. The van der Waals surface area contributed by atoms with Crippen LogP contribution in [0.4, 0.5) is 5.95 Å². The minimum absolute atomic E-state index is 0.192. The maximum Gasteiger partial charge on any atom is 0.254 e. The first-order chi connectivity index (χ1) is 12.8. The third-order valence-electron chi connectivity index (χ3n) is 5.30. The molecule has 1 amide bonds. The summed E-state index contributed by atoms with van der Waals surface area (Å²) < 4.78 is 0. The molecule has 2 aliphatic heterocycles. The van der Waals surface area contributed by atoms with Crippen molar-refractivity contribution in [3.8, 4) is 0 Å². The molecule has 0 unspecified atom stereocenters. The Hall–Kier alpha value is -2.47. The van der Waals surface area contributed by atoms with E-state index in [0.717, 1.165) is 70.2 Å². The van der Waals surface area contributed by atoms with Crippen LogP contribution in [0.5, 0.6) is 0 Å². The first kappa shape index (κ1) is 17.0. The largest absolute Gasteiger partial charge is 0.338 e. The zero-order chi connectivity index (χ0) is 17.8. The molecule has 1 aromatic heterocycles. The van der Waals surface area contributed by atoms with Crippen molar-refractivity contribution in [2.45, 2.75) is 12.8 Å². The molecule has 1 fully saturated rings. The summed E-state index contributed by atoms with van der Waals surface area (Å²) in [6.07, 6.45) is 5.58. The highest BCUT2D eigenvalue weighted by Gasteiger charge is 2.24. The van der Waals surface area contributed by atoms with Gasteiger partial charge in [0.15, 0.2) is 0 Å². The second kappa shape index (κ2) is 7.83. The lowest BCUT2D eigenvalue weighted by molar-refractivity contribution is 0.0731. The number of carbonyl (C=O) groups excluding carboxylic acids is 1. The Morgan fingerprint density at radius 1 is 0.885 bits per heavy atom. The van der Waals surface area contributed by atoms with Crippen LogP contribution in [0.1, 0.15) is 22.3 Å². The molecule has 2 aromatic rings. The summed E-state index contributed by atoms with van der Waals surface area (Å²) in [5, 5.41) is 0. The second-order valence-electron chi connectivity index (χ2n) is 6.93. The molecule has 1 aromatic carbocycles. The summed E-state index contributed by atoms with van der Waals surface area (Å²) in [6, 6.07) is 9.84. The summed E-state index contributed by atoms with van der Waals surface area (Å²) in [5.41, 5.74) is 2.07. The lowest BCUT2D eigenvalue weighted by Gasteiger charge is -2.35. The smallest absolute Gasteiger partial charge is 0.254 e. The molecule has 0 atom stereocenters. The van der Waals surface area contributed by atoms with Crippen molar-refractivity contribution in [3.05, 3.63) is 53.9 Å². The SMILES string of the molecule is O=C1c2ccccc2CCN1CCCN1CCN(c2ncccn2)CC1. The Morgan fingerprint density at radius 2 is 1.65 bits per heavy atom. The number of anilines is 1. The van der Waals surface area contributed by atoms with Crippen LogP contribution >= 0.6 is 0 Å². The van der Waals surface area contributed by atoms with E-state index in [9.17, 15) is 4.79 Å². The number of piperazine rings is 1. The van der Waals surface area contributed by atoms with E-state index in [1.807, 2.05) is 29.2 Å². The predicted molar refractivity (Wildman–Crippen MR) is 101 cm³/mol. The highest BCUT2D eigenvalue weighted by molar-refractivity contribution is 5.96. The minimum atomic E-state index is 0.192. The molecule has 136 valence electrons. The summed E-state index contributed by atoms with van der Waals surface area (Å²) in [4.78, 5) is 28.0. The van der Waals surface area contributed by atoms with Crippen LogP contribution in [0.2, 0.25) is 0 Å². The van der Waals surface area contributed by atoms with Crippen molar-refractivity contribution >= 4 is 11.9 Å². The van der Waals surface area contributed by atoms with Crippen LogP contribution in [0.25, 0.3) is 0 Å². The van der Waals surface area contributed by atoms with Crippen LogP contribution in [-0.2, 0) is 6.42 Å². The molecule has 1 saturated heterocycles. The summed E-state index contributed by atoms with van der Waals surface area (Å²) in [7, 11) is 0. The van der Waals surface area contributed by atoms with Gasteiger partial charge in [0.25, 0.3) is 5.91 Å². The average Bonchev–Trinajstić information content (AvgIpc) is 2.71. The minimum Gasteiger partial charge on any atom is -0.338 e. The summed E-state index contributed by atoms with van der Waals surface area (Å²) in [6.45, 7) is 6.68. The standard InChI is InChI=1S/C20H25N5O/c26-19-18-6-2-1-5-17(18)7-12-24(19)11-4-10-23-13-15-25(16-14-23)20-21-8-3-9-22-20/h1-3,5-6,8-9H,4,7,10-16H2. The van der Waals surface area contributed by atoms with Gasteiger partial charge in [0, 0.05) is 57.2 Å². The fourth-order valence-corrected chi connectivity index (χ4v) is 3.80. The predicted octanol–water partition coefficient (Wildman–Crippen LogP) is 1.69. The first-order valence-electron chi connectivity index (χ1n) is 9.43. The fraction of sp³-hybridized carbons (Fsp3) is 0.450. The average molecular weight is 351 g/mol. The van der Waals surface area contributed by atoms with Gasteiger partial charge in [-0.3, -0.25) is 9.69 Å². The van der Waals surface area contributed by atoms with E-state index in [4.69, 9.17) is 0 Å². The molecule has 0 N–H and O–H groups in total. The molecular formula is C20H25N5O. The molecule has 26 heavy (non-hydrogen) atoms. The maximum absolute atomic E-state index is 12.6.